The number of nitriles is 1. The van der Waals surface area contributed by atoms with Crippen molar-refractivity contribution in [3.8, 4) is 6.07 Å². The summed E-state index contributed by atoms with van der Waals surface area (Å²) in [6.07, 6.45) is 0. The third-order valence-corrected chi connectivity index (χ3v) is 3.53. The fourth-order valence-corrected chi connectivity index (χ4v) is 1.90. The zero-order chi connectivity index (χ0) is 11.6. The molecular formula is C8H16N2O3S. The first kappa shape index (κ1) is 13.4. The van der Waals surface area contributed by atoms with Crippen LogP contribution in [-0.2, 0) is 10.0 Å². The van der Waals surface area contributed by atoms with E-state index in [1.165, 1.54) is 13.8 Å². The summed E-state index contributed by atoms with van der Waals surface area (Å²) in [5, 5.41) is 17.9. The second-order valence-electron chi connectivity index (χ2n) is 4.20. The molecule has 0 heterocycles. The standard InChI is InChI=1S/C8H16N2O3S/c1-7(2,8(3,4)11)10-14(12,13)6-5-9/h10-11H,6H2,1-4H3. The smallest absolute Gasteiger partial charge is 0.225 e. The number of rotatable bonds is 4. The molecule has 0 unspecified atom stereocenters. The van der Waals surface area contributed by atoms with Crippen LogP contribution in [0.2, 0.25) is 0 Å². The Balaban J connectivity index is 4.79. The topological polar surface area (TPSA) is 90.2 Å². The Bertz CT molecular complexity index is 333. The second-order valence-corrected chi connectivity index (χ2v) is 5.93. The van der Waals surface area contributed by atoms with Crippen molar-refractivity contribution in [1.82, 2.24) is 4.72 Å². The lowest BCUT2D eigenvalue weighted by atomic mass is 9.87. The lowest BCUT2D eigenvalue weighted by molar-refractivity contribution is 0.00643. The number of sulfonamides is 1. The summed E-state index contributed by atoms with van der Waals surface area (Å²) in [4.78, 5) is 0. The van der Waals surface area contributed by atoms with Gasteiger partial charge >= 0.3 is 0 Å². The Labute approximate surface area is 84.8 Å². The van der Waals surface area contributed by atoms with E-state index < -0.39 is 26.9 Å². The van der Waals surface area contributed by atoms with Gasteiger partial charge in [-0.05, 0) is 27.7 Å². The maximum absolute atomic E-state index is 11.2. The van der Waals surface area contributed by atoms with Crippen molar-refractivity contribution in [1.29, 1.82) is 5.26 Å². The van der Waals surface area contributed by atoms with Gasteiger partial charge in [0, 0.05) is 0 Å². The molecule has 0 aromatic carbocycles. The highest BCUT2D eigenvalue weighted by Gasteiger charge is 2.38. The second kappa shape index (κ2) is 3.85. The fraction of sp³-hybridized carbons (Fsp3) is 0.875. The summed E-state index contributed by atoms with van der Waals surface area (Å²) < 4.78 is 24.8. The van der Waals surface area contributed by atoms with Gasteiger partial charge in [-0.3, -0.25) is 0 Å². The van der Waals surface area contributed by atoms with Gasteiger partial charge in [0.1, 0.15) is 0 Å². The Morgan fingerprint density at radius 2 is 1.79 bits per heavy atom. The lowest BCUT2D eigenvalue weighted by Gasteiger charge is -2.37. The highest BCUT2D eigenvalue weighted by Crippen LogP contribution is 2.21. The number of hydrogen-bond donors (Lipinski definition) is 2. The average Bonchev–Trinajstić information content (AvgIpc) is 1.80. The van der Waals surface area contributed by atoms with Gasteiger partial charge < -0.3 is 5.11 Å². The fourth-order valence-electron chi connectivity index (χ4n) is 0.635. The monoisotopic (exact) mass is 220 g/mol. The maximum Gasteiger partial charge on any atom is 0.225 e. The SMILES string of the molecule is CC(C)(O)C(C)(C)NS(=O)(=O)CC#N. The predicted octanol–water partition coefficient (Wildman–Crippen LogP) is -0.0211. The number of hydrogen-bond acceptors (Lipinski definition) is 4. The van der Waals surface area contributed by atoms with Crippen molar-refractivity contribution in [3.63, 3.8) is 0 Å². The summed E-state index contributed by atoms with van der Waals surface area (Å²) in [5.41, 5.74) is -2.21. The number of nitrogens with zero attached hydrogens (tertiary/aromatic N) is 1. The molecule has 0 aliphatic heterocycles. The van der Waals surface area contributed by atoms with Crippen LogP contribution in [0.4, 0.5) is 0 Å². The third-order valence-electron chi connectivity index (χ3n) is 2.19. The molecule has 0 radical (unpaired) electrons. The summed E-state index contributed by atoms with van der Waals surface area (Å²) in [6.45, 7) is 6.12. The van der Waals surface area contributed by atoms with Crippen molar-refractivity contribution < 1.29 is 13.5 Å². The molecule has 6 heteroatoms. The molecule has 2 N–H and O–H groups in total. The van der Waals surface area contributed by atoms with Gasteiger partial charge in [-0.1, -0.05) is 0 Å². The van der Waals surface area contributed by atoms with Gasteiger partial charge in [-0.15, -0.1) is 0 Å². The van der Waals surface area contributed by atoms with Crippen LogP contribution in [0.15, 0.2) is 0 Å². The molecule has 0 bridgehead atoms. The molecule has 0 aliphatic rings. The minimum atomic E-state index is -3.64. The molecule has 0 spiro atoms. The largest absolute Gasteiger partial charge is 0.389 e. The van der Waals surface area contributed by atoms with Gasteiger partial charge in [0.2, 0.25) is 10.0 Å². The average molecular weight is 220 g/mol. The molecule has 0 rings (SSSR count). The Morgan fingerprint density at radius 3 is 2.07 bits per heavy atom. The van der Waals surface area contributed by atoms with Gasteiger partial charge in [0.25, 0.3) is 0 Å². The predicted molar refractivity (Wildman–Crippen MR) is 52.9 cm³/mol. The Morgan fingerprint density at radius 1 is 1.36 bits per heavy atom. The number of aliphatic hydroxyl groups is 1. The molecule has 0 amide bonds. The lowest BCUT2D eigenvalue weighted by Crippen LogP contribution is -2.57. The highest BCUT2D eigenvalue weighted by molar-refractivity contribution is 7.89. The molecule has 5 nitrogen and oxygen atoms in total. The molecule has 0 aliphatic carbocycles. The number of nitrogens with one attached hydrogen (secondary N) is 1. The first-order valence-electron chi connectivity index (χ1n) is 4.13. The minimum Gasteiger partial charge on any atom is -0.389 e. The maximum atomic E-state index is 11.2. The van der Waals surface area contributed by atoms with Crippen molar-refractivity contribution in [3.05, 3.63) is 0 Å². The van der Waals surface area contributed by atoms with Crippen molar-refractivity contribution in [2.75, 3.05) is 5.75 Å². The van der Waals surface area contributed by atoms with Crippen molar-refractivity contribution in [2.45, 2.75) is 38.8 Å². The van der Waals surface area contributed by atoms with E-state index in [1.807, 2.05) is 0 Å². The van der Waals surface area contributed by atoms with Crippen molar-refractivity contribution >= 4 is 10.0 Å². The summed E-state index contributed by atoms with van der Waals surface area (Å²) in [7, 11) is -3.64. The summed E-state index contributed by atoms with van der Waals surface area (Å²) in [6, 6.07) is 1.55. The minimum absolute atomic E-state index is 0.605. The zero-order valence-electron chi connectivity index (χ0n) is 8.83. The highest BCUT2D eigenvalue weighted by atomic mass is 32.2. The summed E-state index contributed by atoms with van der Waals surface area (Å²) >= 11 is 0. The van der Waals surface area contributed by atoms with Crippen LogP contribution in [0.25, 0.3) is 0 Å². The van der Waals surface area contributed by atoms with Crippen LogP contribution in [0.1, 0.15) is 27.7 Å². The molecule has 0 saturated heterocycles. The molecule has 82 valence electrons. The quantitative estimate of drug-likeness (QED) is 0.696. The zero-order valence-corrected chi connectivity index (χ0v) is 9.64. The van der Waals surface area contributed by atoms with Crippen LogP contribution in [0.5, 0.6) is 0 Å². The molecule has 0 fully saturated rings. The first-order valence-corrected chi connectivity index (χ1v) is 5.78. The van der Waals surface area contributed by atoms with Crippen LogP contribution in [-0.4, -0.2) is 30.4 Å². The molecule has 0 saturated carbocycles. The third kappa shape index (κ3) is 3.62. The van der Waals surface area contributed by atoms with Crippen LogP contribution >= 0.6 is 0 Å². The Hall–Kier alpha value is -0.640. The van der Waals surface area contributed by atoms with E-state index in [0.717, 1.165) is 0 Å². The van der Waals surface area contributed by atoms with Gasteiger partial charge in [-0.2, -0.15) is 5.26 Å². The van der Waals surface area contributed by atoms with Crippen LogP contribution in [0, 0.1) is 11.3 Å². The van der Waals surface area contributed by atoms with E-state index in [-0.39, 0.29) is 0 Å². The molecule has 0 atom stereocenters. The van der Waals surface area contributed by atoms with E-state index in [1.54, 1.807) is 19.9 Å². The van der Waals surface area contributed by atoms with E-state index in [0.29, 0.717) is 0 Å². The van der Waals surface area contributed by atoms with E-state index in [4.69, 9.17) is 5.26 Å². The molecule has 0 aromatic rings. The normalized spacial score (nSPS) is 13.7. The van der Waals surface area contributed by atoms with Crippen LogP contribution < -0.4 is 4.72 Å². The molecule has 14 heavy (non-hydrogen) atoms. The first-order chi connectivity index (χ1) is 6.02. The van der Waals surface area contributed by atoms with Crippen LogP contribution in [0.3, 0.4) is 0 Å². The molecular weight excluding hydrogens is 204 g/mol. The van der Waals surface area contributed by atoms with Gasteiger partial charge in [0.15, 0.2) is 5.75 Å². The van der Waals surface area contributed by atoms with E-state index >= 15 is 0 Å². The van der Waals surface area contributed by atoms with Gasteiger partial charge in [-0.25, -0.2) is 13.1 Å². The van der Waals surface area contributed by atoms with Crippen molar-refractivity contribution in [2.24, 2.45) is 0 Å². The summed E-state index contributed by atoms with van der Waals surface area (Å²) in [5.74, 6) is -0.605. The van der Waals surface area contributed by atoms with E-state index in [9.17, 15) is 13.5 Å². The molecule has 0 aromatic heterocycles. The Kier molecular flexibility index (Phi) is 3.67. The van der Waals surface area contributed by atoms with E-state index in [2.05, 4.69) is 4.72 Å². The van der Waals surface area contributed by atoms with Gasteiger partial charge in [0.05, 0.1) is 17.2 Å².